The van der Waals surface area contributed by atoms with Gasteiger partial charge in [0, 0.05) is 6.20 Å². The van der Waals surface area contributed by atoms with Crippen LogP contribution in [0.15, 0.2) is 30.5 Å². The van der Waals surface area contributed by atoms with Crippen molar-refractivity contribution < 1.29 is 22.8 Å². The van der Waals surface area contributed by atoms with Crippen molar-refractivity contribution in [3.8, 4) is 0 Å². The van der Waals surface area contributed by atoms with E-state index in [0.717, 1.165) is 21.9 Å². The summed E-state index contributed by atoms with van der Waals surface area (Å²) < 4.78 is 43.8. The van der Waals surface area contributed by atoms with Gasteiger partial charge in [0.15, 0.2) is 5.78 Å². The first-order valence-electron chi connectivity index (χ1n) is 8.58. The van der Waals surface area contributed by atoms with Gasteiger partial charge in [-0.15, -0.1) is 0 Å². The zero-order chi connectivity index (χ0) is 21.1. The molecule has 1 N–H and O–H groups in total. The number of nitrogens with one attached hydrogen (secondary N) is 1. The Kier molecular flexibility index (Phi) is 4.20. The SMILES string of the molecule is Cc1cc2nc3n(c2cc1C)C(NC(=O)c1ccc(Cl)nc1)(C(F)(F)F)C(=O)C3. The summed E-state index contributed by atoms with van der Waals surface area (Å²) in [4.78, 5) is 33.2. The Labute approximate surface area is 167 Å². The molecule has 0 saturated carbocycles. The molecule has 1 atom stereocenters. The van der Waals surface area contributed by atoms with Crippen molar-refractivity contribution in [2.75, 3.05) is 0 Å². The number of rotatable bonds is 2. The summed E-state index contributed by atoms with van der Waals surface area (Å²) in [5.74, 6) is -2.36. The molecule has 3 aromatic rings. The zero-order valence-electron chi connectivity index (χ0n) is 15.3. The fourth-order valence-corrected chi connectivity index (χ4v) is 3.61. The van der Waals surface area contributed by atoms with E-state index in [4.69, 9.17) is 11.6 Å². The van der Waals surface area contributed by atoms with E-state index in [9.17, 15) is 22.8 Å². The van der Waals surface area contributed by atoms with Gasteiger partial charge in [-0.1, -0.05) is 11.6 Å². The van der Waals surface area contributed by atoms with Gasteiger partial charge in [0.2, 0.25) is 0 Å². The second-order valence-electron chi connectivity index (χ2n) is 6.92. The average Bonchev–Trinajstić information content (AvgIpc) is 3.09. The average molecular weight is 423 g/mol. The van der Waals surface area contributed by atoms with E-state index in [0.29, 0.717) is 5.52 Å². The van der Waals surface area contributed by atoms with E-state index in [1.807, 2.05) is 12.2 Å². The second-order valence-corrected chi connectivity index (χ2v) is 7.31. The highest BCUT2D eigenvalue weighted by molar-refractivity contribution is 6.29. The number of alkyl halides is 3. The number of amides is 1. The number of imidazole rings is 1. The maximum atomic E-state index is 14.3. The molecule has 3 heterocycles. The number of halogens is 4. The molecule has 2 aromatic heterocycles. The molecule has 1 aromatic carbocycles. The minimum atomic E-state index is -5.10. The molecular weight excluding hydrogens is 409 g/mol. The topological polar surface area (TPSA) is 76.9 Å². The Hall–Kier alpha value is -2.94. The van der Waals surface area contributed by atoms with E-state index in [2.05, 4.69) is 9.97 Å². The molecule has 0 bridgehead atoms. The molecule has 4 rings (SSSR count). The molecular formula is C19H14ClF3N4O2. The van der Waals surface area contributed by atoms with Crippen molar-refractivity contribution in [1.82, 2.24) is 19.9 Å². The zero-order valence-corrected chi connectivity index (χ0v) is 16.0. The smallest absolute Gasteiger partial charge is 0.315 e. The predicted molar refractivity (Wildman–Crippen MR) is 98.7 cm³/mol. The largest absolute Gasteiger partial charge is 0.438 e. The molecule has 0 saturated heterocycles. The van der Waals surface area contributed by atoms with Crippen molar-refractivity contribution in [3.63, 3.8) is 0 Å². The van der Waals surface area contributed by atoms with Crippen LogP contribution in [0.25, 0.3) is 11.0 Å². The van der Waals surface area contributed by atoms with Crippen LogP contribution in [0, 0.1) is 13.8 Å². The van der Waals surface area contributed by atoms with Crippen LogP contribution in [-0.4, -0.2) is 32.4 Å². The first kappa shape index (κ1) is 19.4. The predicted octanol–water partition coefficient (Wildman–Crippen LogP) is 3.47. The third-order valence-electron chi connectivity index (χ3n) is 5.09. The quantitative estimate of drug-likeness (QED) is 0.641. The Morgan fingerprint density at radius 2 is 1.93 bits per heavy atom. The van der Waals surface area contributed by atoms with E-state index >= 15 is 0 Å². The summed E-state index contributed by atoms with van der Waals surface area (Å²) in [6, 6.07) is 5.70. The van der Waals surface area contributed by atoms with Crippen LogP contribution in [0.2, 0.25) is 5.15 Å². The third-order valence-corrected chi connectivity index (χ3v) is 5.31. The lowest BCUT2D eigenvalue weighted by Crippen LogP contribution is -2.62. The highest BCUT2D eigenvalue weighted by Gasteiger charge is 2.66. The number of carbonyl (C=O) groups excluding carboxylic acids is 2. The molecule has 29 heavy (non-hydrogen) atoms. The van der Waals surface area contributed by atoms with Gasteiger partial charge in [-0.2, -0.15) is 13.2 Å². The number of aryl methyl sites for hydroxylation is 2. The number of hydrogen-bond donors (Lipinski definition) is 1. The fraction of sp³-hybridized carbons (Fsp3) is 0.263. The number of carbonyl (C=O) groups is 2. The van der Waals surface area contributed by atoms with Gasteiger partial charge in [0.25, 0.3) is 11.6 Å². The summed E-state index contributed by atoms with van der Waals surface area (Å²) in [7, 11) is 0. The van der Waals surface area contributed by atoms with Crippen molar-refractivity contribution in [1.29, 1.82) is 0 Å². The molecule has 0 radical (unpaired) electrons. The molecule has 1 unspecified atom stereocenters. The molecule has 1 amide bonds. The Balaban J connectivity index is 1.92. The Morgan fingerprint density at radius 3 is 2.55 bits per heavy atom. The van der Waals surface area contributed by atoms with Crippen LogP contribution in [0.3, 0.4) is 0 Å². The van der Waals surface area contributed by atoms with Crippen molar-refractivity contribution in [3.05, 3.63) is 58.1 Å². The van der Waals surface area contributed by atoms with Gasteiger partial charge in [0.1, 0.15) is 11.0 Å². The number of hydrogen-bond acceptors (Lipinski definition) is 4. The van der Waals surface area contributed by atoms with Gasteiger partial charge >= 0.3 is 6.18 Å². The summed E-state index contributed by atoms with van der Waals surface area (Å²) in [5.41, 5.74) is -1.36. The molecule has 1 aliphatic rings. The van der Waals surface area contributed by atoms with E-state index in [1.54, 1.807) is 13.0 Å². The van der Waals surface area contributed by atoms with Gasteiger partial charge in [-0.05, 0) is 49.2 Å². The van der Waals surface area contributed by atoms with Crippen LogP contribution in [0.4, 0.5) is 13.2 Å². The summed E-state index contributed by atoms with van der Waals surface area (Å²) >= 11 is 5.67. The molecule has 0 spiro atoms. The van der Waals surface area contributed by atoms with E-state index in [1.165, 1.54) is 18.2 Å². The molecule has 150 valence electrons. The number of pyridine rings is 1. The monoisotopic (exact) mass is 422 g/mol. The normalized spacial score (nSPS) is 18.9. The molecule has 0 aliphatic carbocycles. The van der Waals surface area contributed by atoms with Crippen molar-refractivity contribution in [2.45, 2.75) is 32.1 Å². The van der Waals surface area contributed by atoms with Crippen molar-refractivity contribution >= 4 is 34.3 Å². The standard InChI is InChI=1S/C19H14ClF3N4O2/c1-9-5-12-13(6-10(9)2)27-16(25-12)7-14(28)18(27,19(21,22)23)26-17(29)11-3-4-15(20)24-8-11/h3-6,8H,7H2,1-2H3,(H,26,29). The number of ketones is 1. The number of aromatic nitrogens is 3. The van der Waals surface area contributed by atoms with Gasteiger partial charge < -0.3 is 5.32 Å². The maximum Gasteiger partial charge on any atom is 0.438 e. The Morgan fingerprint density at radius 1 is 1.24 bits per heavy atom. The lowest BCUT2D eigenvalue weighted by atomic mass is 10.0. The van der Waals surface area contributed by atoms with Crippen LogP contribution in [0.5, 0.6) is 0 Å². The van der Waals surface area contributed by atoms with Gasteiger partial charge in [-0.25, -0.2) is 9.97 Å². The molecule has 0 fully saturated rings. The first-order valence-corrected chi connectivity index (χ1v) is 8.95. The summed E-state index contributed by atoms with van der Waals surface area (Å²) in [6.07, 6.45) is -4.61. The number of Topliss-reactive ketones (excluding diaryl/α,β-unsaturated/α-hetero) is 1. The highest BCUT2D eigenvalue weighted by Crippen LogP contribution is 2.43. The Bertz CT molecular complexity index is 1170. The minimum Gasteiger partial charge on any atom is -0.315 e. The molecule has 1 aliphatic heterocycles. The summed E-state index contributed by atoms with van der Waals surface area (Å²) in [5, 5.41) is 1.99. The van der Waals surface area contributed by atoms with E-state index < -0.39 is 30.0 Å². The molecule has 6 nitrogen and oxygen atoms in total. The number of nitrogens with zero attached hydrogens (tertiary/aromatic N) is 3. The van der Waals surface area contributed by atoms with Crippen LogP contribution in [-0.2, 0) is 16.9 Å². The van der Waals surface area contributed by atoms with Gasteiger partial charge in [0.05, 0.1) is 23.0 Å². The highest BCUT2D eigenvalue weighted by atomic mass is 35.5. The lowest BCUT2D eigenvalue weighted by Gasteiger charge is -2.33. The van der Waals surface area contributed by atoms with Crippen LogP contribution >= 0.6 is 11.6 Å². The number of benzene rings is 1. The fourth-order valence-electron chi connectivity index (χ4n) is 3.50. The minimum absolute atomic E-state index is 0.0538. The first-order chi connectivity index (χ1) is 13.5. The van der Waals surface area contributed by atoms with Crippen molar-refractivity contribution in [2.24, 2.45) is 0 Å². The van der Waals surface area contributed by atoms with E-state index in [-0.39, 0.29) is 22.1 Å². The lowest BCUT2D eigenvalue weighted by molar-refractivity contribution is -0.214. The van der Waals surface area contributed by atoms with Crippen LogP contribution < -0.4 is 5.32 Å². The number of fused-ring (bicyclic) bond motifs is 3. The van der Waals surface area contributed by atoms with Gasteiger partial charge in [-0.3, -0.25) is 14.2 Å². The molecule has 10 heteroatoms. The third kappa shape index (κ3) is 2.79. The van der Waals surface area contributed by atoms with Crippen LogP contribution in [0.1, 0.15) is 27.3 Å². The summed E-state index contributed by atoms with van der Waals surface area (Å²) in [6.45, 7) is 3.56. The second kappa shape index (κ2) is 6.28. The maximum absolute atomic E-state index is 14.3.